The van der Waals surface area contributed by atoms with Crippen molar-refractivity contribution >= 4 is 34.3 Å². The lowest BCUT2D eigenvalue weighted by molar-refractivity contribution is -0.118. The van der Waals surface area contributed by atoms with Crippen LogP contribution in [0.4, 0.5) is 11.4 Å². The first kappa shape index (κ1) is 21.7. The van der Waals surface area contributed by atoms with E-state index in [-0.39, 0.29) is 18.1 Å². The average molecular weight is 447 g/mol. The Bertz CT molecular complexity index is 1300. The van der Waals surface area contributed by atoms with Crippen molar-refractivity contribution in [2.45, 2.75) is 0 Å². The van der Waals surface area contributed by atoms with E-state index in [0.717, 1.165) is 0 Å². The number of nitrogens with one attached hydrogen (secondary N) is 2. The SMILES string of the molecule is COc1ccccc1NC(=O)c1oc2cccnc2c1NC(=O)COc1ccccc1OC. The van der Waals surface area contributed by atoms with Gasteiger partial charge in [0, 0.05) is 6.20 Å². The third kappa shape index (κ3) is 4.72. The van der Waals surface area contributed by atoms with E-state index in [2.05, 4.69) is 15.6 Å². The molecule has 0 saturated heterocycles. The Labute approximate surface area is 189 Å². The number of anilines is 2. The minimum atomic E-state index is -0.571. The number of methoxy groups -OCH3 is 2. The highest BCUT2D eigenvalue weighted by Crippen LogP contribution is 2.31. The quantitative estimate of drug-likeness (QED) is 0.418. The molecule has 0 fully saturated rings. The van der Waals surface area contributed by atoms with Gasteiger partial charge in [0.2, 0.25) is 5.76 Å². The Morgan fingerprint density at radius 3 is 2.33 bits per heavy atom. The van der Waals surface area contributed by atoms with Crippen molar-refractivity contribution in [2.75, 3.05) is 31.5 Å². The fraction of sp³-hybridized carbons (Fsp3) is 0.125. The van der Waals surface area contributed by atoms with Gasteiger partial charge in [-0.15, -0.1) is 0 Å². The number of hydrogen-bond donors (Lipinski definition) is 2. The normalized spacial score (nSPS) is 10.5. The van der Waals surface area contributed by atoms with Crippen LogP contribution in [-0.4, -0.2) is 37.6 Å². The first-order valence-electron chi connectivity index (χ1n) is 9.98. The molecule has 2 aromatic carbocycles. The van der Waals surface area contributed by atoms with Crippen LogP contribution >= 0.6 is 0 Å². The number of furan rings is 1. The summed E-state index contributed by atoms with van der Waals surface area (Å²) in [5.74, 6) is 0.229. The molecule has 0 saturated carbocycles. The van der Waals surface area contributed by atoms with Gasteiger partial charge in [0.1, 0.15) is 17.0 Å². The van der Waals surface area contributed by atoms with E-state index >= 15 is 0 Å². The highest BCUT2D eigenvalue weighted by molar-refractivity contribution is 6.14. The van der Waals surface area contributed by atoms with E-state index in [4.69, 9.17) is 18.6 Å². The summed E-state index contributed by atoms with van der Waals surface area (Å²) in [6.45, 7) is -0.312. The number of para-hydroxylation sites is 4. The lowest BCUT2D eigenvalue weighted by Gasteiger charge is -2.11. The summed E-state index contributed by atoms with van der Waals surface area (Å²) in [6.07, 6.45) is 1.54. The van der Waals surface area contributed by atoms with Crippen molar-refractivity contribution in [3.8, 4) is 17.2 Å². The van der Waals surface area contributed by atoms with Gasteiger partial charge in [-0.05, 0) is 36.4 Å². The first-order valence-corrected chi connectivity index (χ1v) is 9.98. The van der Waals surface area contributed by atoms with Crippen LogP contribution in [0.25, 0.3) is 11.1 Å². The van der Waals surface area contributed by atoms with Crippen molar-refractivity contribution in [3.05, 3.63) is 72.6 Å². The molecule has 168 valence electrons. The molecule has 2 aromatic heterocycles. The zero-order valence-electron chi connectivity index (χ0n) is 18.0. The number of aromatic nitrogens is 1. The maximum absolute atomic E-state index is 13.0. The molecule has 0 radical (unpaired) electrons. The number of amides is 2. The summed E-state index contributed by atoms with van der Waals surface area (Å²) in [6, 6.07) is 17.3. The molecule has 2 N–H and O–H groups in total. The van der Waals surface area contributed by atoms with Crippen LogP contribution in [0.5, 0.6) is 17.2 Å². The standard InChI is InChI=1S/C24H21N3O6/c1-30-16-9-4-3-8-15(16)26-24(29)23-22(21-19(33-23)12-7-13-25-21)27-20(28)14-32-18-11-6-5-10-17(18)31-2/h3-13H,14H2,1-2H3,(H,26,29)(H,27,28). The van der Waals surface area contributed by atoms with Crippen molar-refractivity contribution in [3.63, 3.8) is 0 Å². The number of carbonyl (C=O) groups is 2. The van der Waals surface area contributed by atoms with E-state index < -0.39 is 11.8 Å². The average Bonchev–Trinajstić information content (AvgIpc) is 3.21. The molecule has 2 amide bonds. The Balaban J connectivity index is 1.57. The number of rotatable bonds is 8. The van der Waals surface area contributed by atoms with Crippen LogP contribution in [-0.2, 0) is 4.79 Å². The van der Waals surface area contributed by atoms with Crippen molar-refractivity contribution in [2.24, 2.45) is 0 Å². The molecule has 4 rings (SSSR count). The van der Waals surface area contributed by atoms with Gasteiger partial charge in [0.05, 0.1) is 19.9 Å². The highest BCUT2D eigenvalue weighted by Gasteiger charge is 2.24. The molecule has 0 bridgehead atoms. The maximum Gasteiger partial charge on any atom is 0.293 e. The van der Waals surface area contributed by atoms with E-state index in [1.165, 1.54) is 14.2 Å². The van der Waals surface area contributed by atoms with E-state index in [0.29, 0.717) is 34.0 Å². The summed E-state index contributed by atoms with van der Waals surface area (Å²) < 4.78 is 21.8. The molecular formula is C24H21N3O6. The van der Waals surface area contributed by atoms with Gasteiger partial charge in [-0.25, -0.2) is 0 Å². The third-order valence-electron chi connectivity index (χ3n) is 4.70. The summed E-state index contributed by atoms with van der Waals surface area (Å²) in [4.78, 5) is 29.9. The number of carbonyl (C=O) groups excluding carboxylic acids is 2. The van der Waals surface area contributed by atoms with Gasteiger partial charge in [0.15, 0.2) is 23.7 Å². The number of hydrogen-bond acceptors (Lipinski definition) is 7. The summed E-state index contributed by atoms with van der Waals surface area (Å²) in [5, 5.41) is 5.42. The molecule has 2 heterocycles. The monoisotopic (exact) mass is 447 g/mol. The molecule has 33 heavy (non-hydrogen) atoms. The number of benzene rings is 2. The zero-order chi connectivity index (χ0) is 23.2. The van der Waals surface area contributed by atoms with E-state index in [1.54, 1.807) is 66.9 Å². The van der Waals surface area contributed by atoms with Gasteiger partial charge < -0.3 is 29.3 Å². The Morgan fingerprint density at radius 1 is 0.879 bits per heavy atom. The molecule has 0 unspecified atom stereocenters. The van der Waals surface area contributed by atoms with Crippen LogP contribution < -0.4 is 24.8 Å². The zero-order valence-corrected chi connectivity index (χ0v) is 18.0. The lowest BCUT2D eigenvalue weighted by Crippen LogP contribution is -2.22. The molecule has 0 atom stereocenters. The fourth-order valence-electron chi connectivity index (χ4n) is 3.19. The first-order chi connectivity index (χ1) is 16.1. The van der Waals surface area contributed by atoms with Gasteiger partial charge >= 0.3 is 0 Å². The lowest BCUT2D eigenvalue weighted by atomic mass is 10.2. The summed E-state index contributed by atoms with van der Waals surface area (Å²) in [7, 11) is 3.02. The van der Waals surface area contributed by atoms with Crippen LogP contribution in [0.15, 0.2) is 71.3 Å². The van der Waals surface area contributed by atoms with Crippen LogP contribution in [0, 0.1) is 0 Å². The number of fused-ring (bicyclic) bond motifs is 1. The maximum atomic E-state index is 13.0. The van der Waals surface area contributed by atoms with Gasteiger partial charge in [-0.1, -0.05) is 24.3 Å². The van der Waals surface area contributed by atoms with Crippen LogP contribution in [0.1, 0.15) is 10.6 Å². The molecule has 0 aliphatic rings. The predicted molar refractivity (Wildman–Crippen MR) is 122 cm³/mol. The Kier molecular flexibility index (Phi) is 6.40. The van der Waals surface area contributed by atoms with Crippen molar-refractivity contribution < 1.29 is 28.2 Å². The summed E-state index contributed by atoms with van der Waals surface area (Å²) in [5.41, 5.74) is 1.29. The van der Waals surface area contributed by atoms with Crippen molar-refractivity contribution in [1.82, 2.24) is 4.98 Å². The van der Waals surface area contributed by atoms with Crippen molar-refractivity contribution in [1.29, 1.82) is 0 Å². The van der Waals surface area contributed by atoms with Gasteiger partial charge in [0.25, 0.3) is 11.8 Å². The largest absolute Gasteiger partial charge is 0.495 e. The number of pyridine rings is 1. The smallest absolute Gasteiger partial charge is 0.293 e. The molecule has 9 heteroatoms. The molecular weight excluding hydrogens is 426 g/mol. The second-order valence-electron chi connectivity index (χ2n) is 6.80. The molecule has 0 aliphatic heterocycles. The third-order valence-corrected chi connectivity index (χ3v) is 4.70. The molecule has 9 nitrogen and oxygen atoms in total. The van der Waals surface area contributed by atoms with Crippen LogP contribution in [0.3, 0.4) is 0 Å². The second kappa shape index (κ2) is 9.73. The second-order valence-corrected chi connectivity index (χ2v) is 6.80. The Morgan fingerprint density at radius 2 is 1.58 bits per heavy atom. The Hall–Kier alpha value is -4.53. The number of ether oxygens (including phenoxy) is 3. The van der Waals surface area contributed by atoms with Gasteiger partial charge in [-0.2, -0.15) is 0 Å². The number of nitrogens with zero attached hydrogens (tertiary/aromatic N) is 1. The minimum Gasteiger partial charge on any atom is -0.495 e. The van der Waals surface area contributed by atoms with Crippen LogP contribution in [0.2, 0.25) is 0 Å². The topological polar surface area (TPSA) is 112 Å². The van der Waals surface area contributed by atoms with E-state index in [1.807, 2.05) is 0 Å². The minimum absolute atomic E-state index is 0.0970. The summed E-state index contributed by atoms with van der Waals surface area (Å²) >= 11 is 0. The highest BCUT2D eigenvalue weighted by atomic mass is 16.5. The van der Waals surface area contributed by atoms with E-state index in [9.17, 15) is 9.59 Å². The van der Waals surface area contributed by atoms with Gasteiger partial charge in [-0.3, -0.25) is 14.6 Å². The molecule has 0 aliphatic carbocycles. The predicted octanol–water partition coefficient (Wildman–Crippen LogP) is 4.11. The fourth-order valence-corrected chi connectivity index (χ4v) is 3.19. The molecule has 4 aromatic rings. The molecule has 0 spiro atoms.